The predicted molar refractivity (Wildman–Crippen MR) is 31.0 cm³/mol. The Hall–Kier alpha value is 0.767. The largest absolute Gasteiger partial charge is 1.00 e. The van der Waals surface area contributed by atoms with Gasteiger partial charge >= 0.3 is 18.9 Å². The van der Waals surface area contributed by atoms with E-state index in [0.29, 0.717) is 5.57 Å². The number of hydrogen-bond acceptors (Lipinski definition) is 1. The fraction of sp³-hybridized carbons (Fsp3) is 0.333. The van der Waals surface area contributed by atoms with Crippen LogP contribution in [0.5, 0.6) is 0 Å². The van der Waals surface area contributed by atoms with Crippen LogP contribution in [0.1, 0.15) is 6.92 Å². The summed E-state index contributed by atoms with van der Waals surface area (Å²) in [6.07, 6.45) is 0. The van der Waals surface area contributed by atoms with Crippen molar-refractivity contribution in [3.63, 3.8) is 0 Å². The molecule has 0 rings (SSSR count). The van der Waals surface area contributed by atoms with Gasteiger partial charge in [0.1, 0.15) is 0 Å². The van der Waals surface area contributed by atoms with Crippen LogP contribution < -0.4 is 42.8 Å². The summed E-state index contributed by atoms with van der Waals surface area (Å²) in [5.41, 5.74) is 1.56. The first-order valence-corrected chi connectivity index (χ1v) is 2.13. The van der Waals surface area contributed by atoms with Gasteiger partial charge < -0.3 is 29.1 Å². The minimum absolute atomic E-state index is 0. The second kappa shape index (κ2) is 8.77. The average Bonchev–Trinajstić information content (AvgIpc) is 1.65. The third-order valence-corrected chi connectivity index (χ3v) is 0.794. The quantitative estimate of drug-likeness (QED) is 0.287. The Morgan fingerprint density at radius 2 is 1.78 bits per heavy atom. The molecule has 3 heteroatoms. The summed E-state index contributed by atoms with van der Waals surface area (Å²) in [4.78, 5) is 0. The molecule has 0 aliphatic carbocycles. The molecule has 0 aliphatic heterocycles. The molecule has 0 aliphatic rings. The van der Waals surface area contributed by atoms with Crippen LogP contribution in [0.15, 0.2) is 24.3 Å². The van der Waals surface area contributed by atoms with Crippen LogP contribution in [-0.4, -0.2) is 11.7 Å². The Balaban J connectivity index is -0.000000180. The van der Waals surface area contributed by atoms with Crippen molar-refractivity contribution in [3.05, 3.63) is 24.3 Å². The van der Waals surface area contributed by atoms with Crippen molar-refractivity contribution >= 4 is 0 Å². The monoisotopic (exact) mass is 232 g/mol. The van der Waals surface area contributed by atoms with Crippen LogP contribution in [0.3, 0.4) is 0 Å². The Morgan fingerprint density at radius 3 is 1.78 bits per heavy atom. The van der Waals surface area contributed by atoms with E-state index in [9.17, 15) is 0 Å². The normalized spacial score (nSPS) is 6.44. The van der Waals surface area contributed by atoms with Gasteiger partial charge in [-0.1, -0.05) is 18.7 Å². The molecule has 48 valence electrons. The van der Waals surface area contributed by atoms with Gasteiger partial charge in [-0.3, -0.25) is 0 Å². The minimum Gasteiger partial charge on any atom is -1.00 e. The number of hydrogen-bond donors (Lipinski definition) is 1. The van der Waals surface area contributed by atoms with Crippen LogP contribution in [0.25, 0.3) is 0 Å². The average molecular weight is 232 g/mol. The minimum atomic E-state index is 0. The Labute approximate surface area is 85.4 Å². The second-order valence-corrected chi connectivity index (χ2v) is 1.54. The molecule has 0 aromatic heterocycles. The maximum atomic E-state index is 8.34. The smallest absolute Gasteiger partial charge is 1.00 e. The van der Waals surface area contributed by atoms with E-state index in [1.807, 2.05) is 6.92 Å². The molecular weight excluding hydrogens is 222 g/mol. The Morgan fingerprint density at radius 1 is 1.44 bits per heavy atom. The van der Waals surface area contributed by atoms with E-state index in [1.54, 1.807) is 0 Å². The van der Waals surface area contributed by atoms with Crippen molar-refractivity contribution in [2.45, 2.75) is 6.92 Å². The van der Waals surface area contributed by atoms with Crippen molar-refractivity contribution < 1.29 is 47.9 Å². The maximum Gasteiger partial charge on any atom is 1.00 e. The molecule has 0 heterocycles. The summed E-state index contributed by atoms with van der Waals surface area (Å²) in [7, 11) is 0. The van der Waals surface area contributed by atoms with Crippen molar-refractivity contribution in [1.29, 1.82) is 0 Å². The van der Waals surface area contributed by atoms with Crippen molar-refractivity contribution in [2.24, 2.45) is 0 Å². The number of halogens is 1. The molecule has 1 N–H and O–H groups in total. The number of aliphatic hydroxyl groups is 1. The van der Waals surface area contributed by atoms with Gasteiger partial charge in [0.15, 0.2) is 0 Å². The molecule has 0 bridgehead atoms. The van der Waals surface area contributed by atoms with E-state index >= 15 is 0 Å². The van der Waals surface area contributed by atoms with Gasteiger partial charge in [0.25, 0.3) is 0 Å². The van der Waals surface area contributed by atoms with E-state index in [-0.39, 0.29) is 49.4 Å². The standard InChI is InChI=1S/C6H10O.HI.Li/c1-5(2)6(3)4-7;;/h7H,1,3-4H2,2H3;1H;/q;;+1/p-1. The summed E-state index contributed by atoms with van der Waals surface area (Å²) in [5, 5.41) is 8.34. The molecule has 0 unspecified atom stereocenters. The molecule has 0 radical (unpaired) electrons. The SMILES string of the molecule is C=C(C)C(=C)CO.[I-].[Li+]. The van der Waals surface area contributed by atoms with Crippen molar-refractivity contribution in [1.82, 2.24) is 0 Å². The molecule has 0 aromatic carbocycles. The zero-order chi connectivity index (χ0) is 5.86. The van der Waals surface area contributed by atoms with Gasteiger partial charge in [-0.05, 0) is 12.5 Å². The topological polar surface area (TPSA) is 20.2 Å². The fourth-order valence-electron chi connectivity index (χ4n) is 0.135. The number of rotatable bonds is 2. The van der Waals surface area contributed by atoms with Crippen LogP contribution in [0.4, 0.5) is 0 Å². The summed E-state index contributed by atoms with van der Waals surface area (Å²) < 4.78 is 0. The molecule has 0 aromatic rings. The molecule has 9 heavy (non-hydrogen) atoms. The first-order valence-electron chi connectivity index (χ1n) is 2.13. The van der Waals surface area contributed by atoms with Gasteiger partial charge in [0.2, 0.25) is 0 Å². The van der Waals surface area contributed by atoms with Crippen molar-refractivity contribution in [2.75, 3.05) is 6.61 Å². The summed E-state index contributed by atoms with van der Waals surface area (Å²) in [5.74, 6) is 0. The van der Waals surface area contributed by atoms with E-state index in [2.05, 4.69) is 13.2 Å². The van der Waals surface area contributed by atoms with E-state index in [4.69, 9.17) is 5.11 Å². The van der Waals surface area contributed by atoms with Gasteiger partial charge in [0, 0.05) is 0 Å². The molecule has 0 spiro atoms. The van der Waals surface area contributed by atoms with Crippen LogP contribution in [-0.2, 0) is 0 Å². The van der Waals surface area contributed by atoms with Crippen molar-refractivity contribution in [3.8, 4) is 0 Å². The van der Waals surface area contributed by atoms with E-state index in [1.165, 1.54) is 0 Å². The second-order valence-electron chi connectivity index (χ2n) is 1.54. The third-order valence-electron chi connectivity index (χ3n) is 0.794. The fourth-order valence-corrected chi connectivity index (χ4v) is 0.135. The first-order chi connectivity index (χ1) is 3.18. The van der Waals surface area contributed by atoms with Crippen LogP contribution in [0.2, 0.25) is 0 Å². The predicted octanol–water partition coefficient (Wildman–Crippen LogP) is -4.88. The maximum absolute atomic E-state index is 8.34. The van der Waals surface area contributed by atoms with Gasteiger partial charge in [0.05, 0.1) is 6.61 Å². The zero-order valence-electron chi connectivity index (χ0n) is 5.95. The molecule has 0 amide bonds. The zero-order valence-corrected chi connectivity index (χ0v) is 8.10. The van der Waals surface area contributed by atoms with Gasteiger partial charge in [-0.15, -0.1) is 0 Å². The molecule has 0 fully saturated rings. The molecule has 0 saturated heterocycles. The number of aliphatic hydroxyl groups excluding tert-OH is 1. The summed E-state index contributed by atoms with van der Waals surface area (Å²) in [6.45, 7) is 8.93. The summed E-state index contributed by atoms with van der Waals surface area (Å²) >= 11 is 0. The van der Waals surface area contributed by atoms with E-state index in [0.717, 1.165) is 5.57 Å². The summed E-state index contributed by atoms with van der Waals surface area (Å²) in [6, 6.07) is 0. The molecule has 0 saturated carbocycles. The molecule has 1 nitrogen and oxygen atoms in total. The molecular formula is C6H10ILiO. The van der Waals surface area contributed by atoms with Gasteiger partial charge in [-0.25, -0.2) is 0 Å². The first kappa shape index (κ1) is 16.4. The third kappa shape index (κ3) is 8.77. The van der Waals surface area contributed by atoms with Crippen LogP contribution >= 0.6 is 0 Å². The molecule has 0 atom stereocenters. The Kier molecular flexibility index (Phi) is 16.0. The van der Waals surface area contributed by atoms with E-state index < -0.39 is 0 Å². The Bertz CT molecular complexity index is 101. The van der Waals surface area contributed by atoms with Crippen LogP contribution in [0, 0.1) is 0 Å². The van der Waals surface area contributed by atoms with Gasteiger partial charge in [-0.2, -0.15) is 0 Å².